The van der Waals surface area contributed by atoms with Crippen LogP contribution in [-0.2, 0) is 14.3 Å². The summed E-state index contributed by atoms with van der Waals surface area (Å²) in [6.45, 7) is 3.86. The number of carbonyl (C=O) groups is 1. The maximum absolute atomic E-state index is 13.2. The summed E-state index contributed by atoms with van der Waals surface area (Å²) in [6, 6.07) is -0.803. The quantitative estimate of drug-likeness (QED) is 0.0261. The lowest BCUT2D eigenvalue weighted by Gasteiger charge is -2.40. The summed E-state index contributed by atoms with van der Waals surface area (Å²) < 4.78 is 11.4. The Morgan fingerprint density at radius 3 is 0.886 bits per heavy atom. The van der Waals surface area contributed by atoms with Crippen molar-refractivity contribution in [2.45, 2.75) is 474 Å². The van der Waals surface area contributed by atoms with Gasteiger partial charge in [0.25, 0.3) is 0 Å². The molecule has 0 aromatic carbocycles. The molecule has 1 heterocycles. The van der Waals surface area contributed by atoms with Crippen LogP contribution in [0.25, 0.3) is 0 Å². The van der Waals surface area contributed by atoms with Crippen LogP contribution in [0.5, 0.6) is 0 Å². The second-order valence-electron chi connectivity index (χ2n) is 28.2. The molecule has 0 aromatic heterocycles. The molecule has 1 aliphatic rings. The third-order valence-corrected chi connectivity index (χ3v) is 19.6. The van der Waals surface area contributed by atoms with E-state index in [9.17, 15) is 30.3 Å². The molecule has 9 heteroatoms. The van der Waals surface area contributed by atoms with E-state index in [1.165, 1.54) is 372 Å². The van der Waals surface area contributed by atoms with Crippen LogP contribution < -0.4 is 5.32 Å². The van der Waals surface area contributed by atoms with Crippen molar-refractivity contribution in [2.24, 2.45) is 0 Å². The molecular weight excluding hydrogens is 1090 g/mol. The number of carbonyl (C=O) groups excluding carboxylic acids is 1. The minimum atomic E-state index is -1.57. The minimum Gasteiger partial charge on any atom is -0.394 e. The van der Waals surface area contributed by atoms with Gasteiger partial charge in [-0.3, -0.25) is 4.79 Å². The summed E-state index contributed by atoms with van der Waals surface area (Å²) in [5, 5.41) is 54.9. The number of hydrogen-bond donors (Lipinski definition) is 6. The third-order valence-electron chi connectivity index (χ3n) is 19.6. The summed E-state index contributed by atoms with van der Waals surface area (Å²) in [5.41, 5.74) is 0. The Kier molecular flexibility index (Phi) is 66.4. The second kappa shape index (κ2) is 68.8. The maximum Gasteiger partial charge on any atom is 0.220 e. The summed E-state index contributed by atoms with van der Waals surface area (Å²) in [5.74, 6) is -0.165. The van der Waals surface area contributed by atoms with Crippen LogP contribution in [0.4, 0.5) is 0 Å². The van der Waals surface area contributed by atoms with Crippen molar-refractivity contribution < 1.29 is 39.8 Å². The van der Waals surface area contributed by atoms with Crippen molar-refractivity contribution in [1.29, 1.82) is 0 Å². The molecule has 0 aromatic rings. The molecular formula is C79H155NO8. The summed E-state index contributed by atoms with van der Waals surface area (Å²) >= 11 is 0. The first kappa shape index (κ1) is 84.9. The van der Waals surface area contributed by atoms with E-state index in [1.54, 1.807) is 6.08 Å². The molecule has 0 bridgehead atoms. The molecule has 88 heavy (non-hydrogen) atoms. The lowest BCUT2D eigenvalue weighted by atomic mass is 9.99. The fourth-order valence-electron chi connectivity index (χ4n) is 13.4. The molecule has 0 aliphatic carbocycles. The molecule has 524 valence electrons. The third kappa shape index (κ3) is 56.5. The number of hydrogen-bond acceptors (Lipinski definition) is 8. The van der Waals surface area contributed by atoms with Crippen molar-refractivity contribution in [3.8, 4) is 0 Å². The lowest BCUT2D eigenvalue weighted by molar-refractivity contribution is -0.302. The van der Waals surface area contributed by atoms with Crippen LogP contribution in [-0.4, -0.2) is 87.5 Å². The van der Waals surface area contributed by atoms with Crippen LogP contribution in [0, 0.1) is 0 Å². The molecule has 0 saturated carbocycles. The highest BCUT2D eigenvalue weighted by Crippen LogP contribution is 2.24. The van der Waals surface area contributed by atoms with E-state index < -0.39 is 49.5 Å². The zero-order valence-corrected chi connectivity index (χ0v) is 59.0. The van der Waals surface area contributed by atoms with Crippen LogP contribution >= 0.6 is 0 Å². The van der Waals surface area contributed by atoms with Gasteiger partial charge < -0.3 is 40.3 Å². The van der Waals surface area contributed by atoms with Crippen LogP contribution in [0.3, 0.4) is 0 Å². The molecule has 1 saturated heterocycles. The van der Waals surface area contributed by atoms with E-state index in [1.807, 2.05) is 6.08 Å². The standard InChI is InChI=1S/C79H155NO8/c1-3-5-7-9-11-13-15-17-19-21-23-25-27-29-31-33-35-37-39-41-43-45-47-49-51-53-55-57-59-61-63-65-67-69-75(83)80-72(71-87-79-78(86)77(85)76(84)74(70-81)88-79)73(82)68-66-64-62-60-58-56-54-52-50-48-46-44-42-40-38-36-34-32-30-28-26-24-22-20-18-16-14-12-10-8-6-4-2/h66,68,72-74,76-79,81-82,84-86H,3-65,67,69-71H2,1-2H3,(H,80,83)/b68-66+. The number of amides is 1. The number of ether oxygens (including phenoxy) is 2. The van der Waals surface area contributed by atoms with Crippen molar-refractivity contribution >= 4 is 5.91 Å². The van der Waals surface area contributed by atoms with Gasteiger partial charge in [0.05, 0.1) is 25.4 Å². The first-order chi connectivity index (χ1) is 43.3. The fourth-order valence-corrected chi connectivity index (χ4v) is 13.4. The topological polar surface area (TPSA) is 149 Å². The Hall–Kier alpha value is -1.07. The van der Waals surface area contributed by atoms with Crippen LogP contribution in [0.1, 0.15) is 431 Å². The number of rotatable bonds is 72. The van der Waals surface area contributed by atoms with Crippen molar-refractivity contribution in [2.75, 3.05) is 13.2 Å². The lowest BCUT2D eigenvalue weighted by Crippen LogP contribution is -2.60. The average molecular weight is 1250 g/mol. The molecule has 1 rings (SSSR count). The maximum atomic E-state index is 13.2. The second-order valence-corrected chi connectivity index (χ2v) is 28.2. The molecule has 1 amide bonds. The Balaban J connectivity index is 2.06. The predicted octanol–water partition coefficient (Wildman–Crippen LogP) is 22.6. The van der Waals surface area contributed by atoms with E-state index in [4.69, 9.17) is 9.47 Å². The highest BCUT2D eigenvalue weighted by Gasteiger charge is 2.44. The number of allylic oxidation sites excluding steroid dienone is 1. The monoisotopic (exact) mass is 1250 g/mol. The Labute approximate surface area is 547 Å². The van der Waals surface area contributed by atoms with Gasteiger partial charge in [0, 0.05) is 6.42 Å². The predicted molar refractivity (Wildman–Crippen MR) is 378 cm³/mol. The normalized spacial score (nSPS) is 17.8. The van der Waals surface area contributed by atoms with E-state index in [0.717, 1.165) is 38.5 Å². The highest BCUT2D eigenvalue weighted by molar-refractivity contribution is 5.76. The average Bonchev–Trinajstić information content (AvgIpc) is 3.29. The van der Waals surface area contributed by atoms with Crippen LogP contribution in [0.15, 0.2) is 12.2 Å². The number of unbranched alkanes of at least 4 members (excludes halogenated alkanes) is 62. The molecule has 1 fully saturated rings. The largest absolute Gasteiger partial charge is 0.394 e. The van der Waals surface area contributed by atoms with Gasteiger partial charge in [-0.2, -0.15) is 0 Å². The Morgan fingerprint density at radius 2 is 0.625 bits per heavy atom. The number of nitrogens with one attached hydrogen (secondary N) is 1. The van der Waals surface area contributed by atoms with Crippen molar-refractivity contribution in [3.63, 3.8) is 0 Å². The van der Waals surface area contributed by atoms with Gasteiger partial charge in [0.2, 0.25) is 5.91 Å². The molecule has 0 radical (unpaired) electrons. The molecule has 0 spiro atoms. The minimum absolute atomic E-state index is 0.165. The summed E-state index contributed by atoms with van der Waals surface area (Å²) in [6.07, 6.45) is 83.7. The summed E-state index contributed by atoms with van der Waals surface area (Å²) in [7, 11) is 0. The smallest absolute Gasteiger partial charge is 0.220 e. The van der Waals surface area contributed by atoms with Gasteiger partial charge in [0.15, 0.2) is 6.29 Å². The zero-order valence-electron chi connectivity index (χ0n) is 59.0. The van der Waals surface area contributed by atoms with E-state index in [2.05, 4.69) is 19.2 Å². The van der Waals surface area contributed by atoms with E-state index in [0.29, 0.717) is 6.42 Å². The van der Waals surface area contributed by atoms with Gasteiger partial charge in [-0.25, -0.2) is 0 Å². The van der Waals surface area contributed by atoms with Crippen LogP contribution in [0.2, 0.25) is 0 Å². The molecule has 6 N–H and O–H groups in total. The molecule has 9 nitrogen and oxygen atoms in total. The van der Waals surface area contributed by atoms with E-state index >= 15 is 0 Å². The molecule has 7 atom stereocenters. The first-order valence-corrected chi connectivity index (χ1v) is 39.9. The van der Waals surface area contributed by atoms with Gasteiger partial charge in [-0.05, 0) is 19.3 Å². The SMILES string of the molecule is CCCCCCCCCCCCCCCCCCCCCCCCCCCCCCCC/C=C/C(O)C(COC1OC(CO)C(O)C(O)C1O)NC(=O)CCCCCCCCCCCCCCCCCCCCCCCCCCCCCCCCCCC. The van der Waals surface area contributed by atoms with Gasteiger partial charge in [0.1, 0.15) is 24.4 Å². The summed E-state index contributed by atoms with van der Waals surface area (Å²) in [4.78, 5) is 13.2. The highest BCUT2D eigenvalue weighted by atomic mass is 16.7. The number of aliphatic hydroxyl groups excluding tert-OH is 5. The fraction of sp³-hybridized carbons (Fsp3) is 0.962. The number of aliphatic hydroxyl groups is 5. The van der Waals surface area contributed by atoms with E-state index in [-0.39, 0.29) is 12.5 Å². The Morgan fingerprint density at radius 1 is 0.375 bits per heavy atom. The van der Waals surface area contributed by atoms with Gasteiger partial charge in [-0.15, -0.1) is 0 Å². The van der Waals surface area contributed by atoms with Crippen molar-refractivity contribution in [3.05, 3.63) is 12.2 Å². The first-order valence-electron chi connectivity index (χ1n) is 39.9. The Bertz CT molecular complexity index is 1400. The molecule has 1 aliphatic heterocycles. The van der Waals surface area contributed by atoms with Gasteiger partial charge >= 0.3 is 0 Å². The van der Waals surface area contributed by atoms with Crippen molar-refractivity contribution in [1.82, 2.24) is 5.32 Å². The zero-order chi connectivity index (χ0) is 63.5. The molecule has 7 unspecified atom stereocenters. The van der Waals surface area contributed by atoms with Gasteiger partial charge in [-0.1, -0.05) is 418 Å².